The average molecular weight is 222 g/mol. The first-order valence-electron chi connectivity index (χ1n) is 5.77. The molecule has 1 atom stereocenters. The van der Waals surface area contributed by atoms with E-state index in [4.69, 9.17) is 5.73 Å². The van der Waals surface area contributed by atoms with Gasteiger partial charge in [-0.15, -0.1) is 0 Å². The van der Waals surface area contributed by atoms with Gasteiger partial charge in [-0.25, -0.2) is 0 Å². The molecular weight excluding hydrogens is 200 g/mol. The zero-order chi connectivity index (χ0) is 12.2. The molecule has 1 rings (SSSR count). The zero-order valence-corrected chi connectivity index (χ0v) is 10.4. The molecule has 1 aromatic rings. The molecule has 0 heterocycles. The van der Waals surface area contributed by atoms with Crippen molar-refractivity contribution in [1.29, 1.82) is 0 Å². The minimum atomic E-state index is -0.649. The first-order chi connectivity index (χ1) is 7.44. The van der Waals surface area contributed by atoms with Crippen LogP contribution in [-0.2, 0) is 0 Å². The number of benzene rings is 1. The van der Waals surface area contributed by atoms with E-state index in [-0.39, 0.29) is 0 Å². The molecular formula is C13H22N2O. The van der Waals surface area contributed by atoms with E-state index >= 15 is 0 Å². The van der Waals surface area contributed by atoms with E-state index in [9.17, 15) is 5.11 Å². The van der Waals surface area contributed by atoms with Gasteiger partial charge in [0, 0.05) is 17.9 Å². The number of nitrogen functional groups attached to an aromatic ring is 1. The smallest absolute Gasteiger partial charge is 0.0791 e. The van der Waals surface area contributed by atoms with Crippen molar-refractivity contribution >= 4 is 11.4 Å². The molecule has 0 saturated heterocycles. The van der Waals surface area contributed by atoms with Crippen molar-refractivity contribution < 1.29 is 5.11 Å². The van der Waals surface area contributed by atoms with E-state index in [1.807, 2.05) is 32.0 Å². The monoisotopic (exact) mass is 222 g/mol. The van der Waals surface area contributed by atoms with Crippen LogP contribution >= 0.6 is 0 Å². The van der Waals surface area contributed by atoms with Gasteiger partial charge in [-0.05, 0) is 44.0 Å². The van der Waals surface area contributed by atoms with E-state index in [0.717, 1.165) is 29.8 Å². The molecule has 0 fully saturated rings. The third-order valence-electron chi connectivity index (χ3n) is 2.73. The molecule has 0 aliphatic rings. The summed E-state index contributed by atoms with van der Waals surface area (Å²) >= 11 is 0. The van der Waals surface area contributed by atoms with Crippen LogP contribution < -0.4 is 11.1 Å². The van der Waals surface area contributed by atoms with Crippen LogP contribution in [0.4, 0.5) is 11.4 Å². The molecule has 0 amide bonds. The van der Waals surface area contributed by atoms with Crippen LogP contribution in [0.5, 0.6) is 0 Å². The summed E-state index contributed by atoms with van der Waals surface area (Å²) in [5, 5.41) is 13.2. The molecule has 0 radical (unpaired) electrons. The van der Waals surface area contributed by atoms with Gasteiger partial charge < -0.3 is 16.2 Å². The summed E-state index contributed by atoms with van der Waals surface area (Å²) in [6.45, 7) is 6.46. The summed E-state index contributed by atoms with van der Waals surface area (Å²) in [5.74, 6) is 0. The molecule has 3 nitrogen and oxygen atoms in total. The quantitative estimate of drug-likeness (QED) is 0.671. The second-order valence-electron chi connectivity index (χ2n) is 4.67. The van der Waals surface area contributed by atoms with Crippen LogP contribution in [-0.4, -0.2) is 17.3 Å². The third-order valence-corrected chi connectivity index (χ3v) is 2.73. The summed E-state index contributed by atoms with van der Waals surface area (Å²) in [6.07, 6.45) is 1.78. The Hall–Kier alpha value is -1.22. The highest BCUT2D eigenvalue weighted by molar-refractivity contribution is 5.56. The summed E-state index contributed by atoms with van der Waals surface area (Å²) in [4.78, 5) is 0. The highest BCUT2D eigenvalue weighted by Crippen LogP contribution is 2.18. The van der Waals surface area contributed by atoms with Crippen LogP contribution in [0.3, 0.4) is 0 Å². The van der Waals surface area contributed by atoms with E-state index < -0.39 is 5.60 Å². The largest absolute Gasteiger partial charge is 0.399 e. The van der Waals surface area contributed by atoms with Crippen molar-refractivity contribution in [3.05, 3.63) is 23.8 Å². The van der Waals surface area contributed by atoms with Gasteiger partial charge in [0.05, 0.1) is 5.60 Å². The lowest BCUT2D eigenvalue weighted by atomic mass is 10.0. The van der Waals surface area contributed by atoms with Crippen LogP contribution in [0.2, 0.25) is 0 Å². The normalized spacial score (nSPS) is 14.5. The first-order valence-corrected chi connectivity index (χ1v) is 5.77. The Balaban J connectivity index is 2.57. The van der Waals surface area contributed by atoms with Gasteiger partial charge in [-0.1, -0.05) is 13.3 Å². The molecule has 0 saturated carbocycles. The lowest BCUT2D eigenvalue weighted by Gasteiger charge is -2.23. The van der Waals surface area contributed by atoms with Crippen molar-refractivity contribution in [2.45, 2.75) is 39.2 Å². The molecule has 1 aromatic carbocycles. The molecule has 1 unspecified atom stereocenters. The number of anilines is 2. The van der Waals surface area contributed by atoms with Crippen LogP contribution in [0.1, 0.15) is 32.3 Å². The van der Waals surface area contributed by atoms with E-state index in [0.29, 0.717) is 6.54 Å². The van der Waals surface area contributed by atoms with Crippen molar-refractivity contribution in [3.8, 4) is 0 Å². The number of aliphatic hydroxyl groups is 1. The standard InChI is InChI=1S/C13H22N2O/c1-4-7-13(3,16)9-15-11-5-6-12(14)10(2)8-11/h5-6,8,15-16H,4,7,9,14H2,1-3H3. The predicted octanol–water partition coefficient (Wildman–Crippen LogP) is 2.54. The molecule has 16 heavy (non-hydrogen) atoms. The average Bonchev–Trinajstić information content (AvgIpc) is 2.20. The Bertz CT molecular complexity index is 348. The van der Waals surface area contributed by atoms with Crippen molar-refractivity contribution in [2.75, 3.05) is 17.6 Å². The maximum atomic E-state index is 10.0. The summed E-state index contributed by atoms with van der Waals surface area (Å²) in [6, 6.07) is 5.81. The number of nitrogens with two attached hydrogens (primary N) is 1. The van der Waals surface area contributed by atoms with Crippen LogP contribution in [0, 0.1) is 6.92 Å². The molecule has 0 spiro atoms. The number of rotatable bonds is 5. The lowest BCUT2D eigenvalue weighted by Crippen LogP contribution is -2.33. The fraction of sp³-hybridized carbons (Fsp3) is 0.538. The van der Waals surface area contributed by atoms with Gasteiger partial charge in [-0.3, -0.25) is 0 Å². The van der Waals surface area contributed by atoms with Crippen molar-refractivity contribution in [2.24, 2.45) is 0 Å². The summed E-state index contributed by atoms with van der Waals surface area (Å²) in [5.41, 5.74) is 7.95. The minimum absolute atomic E-state index is 0.560. The van der Waals surface area contributed by atoms with Crippen LogP contribution in [0.15, 0.2) is 18.2 Å². The van der Waals surface area contributed by atoms with Gasteiger partial charge >= 0.3 is 0 Å². The molecule has 0 aliphatic carbocycles. The Labute approximate surface area is 97.7 Å². The SMILES string of the molecule is CCCC(C)(O)CNc1ccc(N)c(C)c1. The van der Waals surface area contributed by atoms with Gasteiger partial charge in [0.1, 0.15) is 0 Å². The molecule has 4 N–H and O–H groups in total. The fourth-order valence-electron chi connectivity index (χ4n) is 1.71. The number of aryl methyl sites for hydroxylation is 1. The maximum Gasteiger partial charge on any atom is 0.0791 e. The summed E-state index contributed by atoms with van der Waals surface area (Å²) in [7, 11) is 0. The summed E-state index contributed by atoms with van der Waals surface area (Å²) < 4.78 is 0. The zero-order valence-electron chi connectivity index (χ0n) is 10.4. The fourth-order valence-corrected chi connectivity index (χ4v) is 1.71. The van der Waals surface area contributed by atoms with Crippen LogP contribution in [0.25, 0.3) is 0 Å². The second-order valence-corrected chi connectivity index (χ2v) is 4.67. The molecule has 0 aromatic heterocycles. The Morgan fingerprint density at radius 3 is 2.69 bits per heavy atom. The van der Waals surface area contributed by atoms with Gasteiger partial charge in [0.2, 0.25) is 0 Å². The number of nitrogens with one attached hydrogen (secondary N) is 1. The lowest BCUT2D eigenvalue weighted by molar-refractivity contribution is 0.0637. The van der Waals surface area contributed by atoms with Gasteiger partial charge in [0.25, 0.3) is 0 Å². The molecule has 0 aliphatic heterocycles. The molecule has 90 valence electrons. The molecule has 3 heteroatoms. The molecule has 0 bridgehead atoms. The number of hydrogen-bond donors (Lipinski definition) is 3. The highest BCUT2D eigenvalue weighted by atomic mass is 16.3. The highest BCUT2D eigenvalue weighted by Gasteiger charge is 2.18. The van der Waals surface area contributed by atoms with Gasteiger partial charge in [-0.2, -0.15) is 0 Å². The minimum Gasteiger partial charge on any atom is -0.399 e. The van der Waals surface area contributed by atoms with Crippen molar-refractivity contribution in [1.82, 2.24) is 0 Å². The topological polar surface area (TPSA) is 58.3 Å². The van der Waals surface area contributed by atoms with Gasteiger partial charge in [0.15, 0.2) is 0 Å². The van der Waals surface area contributed by atoms with E-state index in [2.05, 4.69) is 12.2 Å². The van der Waals surface area contributed by atoms with E-state index in [1.165, 1.54) is 0 Å². The maximum absolute atomic E-state index is 10.0. The Morgan fingerprint density at radius 1 is 1.44 bits per heavy atom. The Kier molecular flexibility index (Phi) is 4.19. The van der Waals surface area contributed by atoms with E-state index in [1.54, 1.807) is 0 Å². The second kappa shape index (κ2) is 5.21. The van der Waals surface area contributed by atoms with Crippen molar-refractivity contribution in [3.63, 3.8) is 0 Å². The predicted molar refractivity (Wildman–Crippen MR) is 69.6 cm³/mol. The first kappa shape index (κ1) is 12.8. The third kappa shape index (κ3) is 3.74. The Morgan fingerprint density at radius 2 is 2.12 bits per heavy atom. The number of hydrogen-bond acceptors (Lipinski definition) is 3.